The average molecular weight is 557 g/mol. The van der Waals surface area contributed by atoms with E-state index in [1.807, 2.05) is 0 Å². The molecule has 0 aromatic heterocycles. The second-order valence-corrected chi connectivity index (χ2v) is 23.9. The Bertz CT molecular complexity index is 887. The number of rotatable bonds is 4. The standard InChI is InChI=1S/C34H56S2Si/c1-9-22-19-27-25(23-13-15-24(16-14-23)34(4,5)6)11-10-12-26(27)32(22)37(7,8)33-30-28(17-20(2)35-30)29-18-21(3)36-31(29)33/h17-18,22-33H,9-16,19H2,1-8H3/t22?,23?,24?,25?,26?,27?,28-,29?,30?,31?,32?,33?/m0/s1. The highest BCUT2D eigenvalue weighted by molar-refractivity contribution is 8.05. The topological polar surface area (TPSA) is 0 Å². The number of hydrogen-bond acceptors (Lipinski definition) is 2. The summed E-state index contributed by atoms with van der Waals surface area (Å²) >= 11 is 4.61. The van der Waals surface area contributed by atoms with Crippen molar-refractivity contribution >= 4 is 31.6 Å². The largest absolute Gasteiger partial charge is 0.127 e. The summed E-state index contributed by atoms with van der Waals surface area (Å²) in [5.74, 6) is 7.85. The molecule has 0 spiro atoms. The molecule has 9 unspecified atom stereocenters. The van der Waals surface area contributed by atoms with Crippen LogP contribution in [0.3, 0.4) is 0 Å². The molecule has 4 fully saturated rings. The Morgan fingerprint density at radius 3 is 1.89 bits per heavy atom. The van der Waals surface area contributed by atoms with Gasteiger partial charge in [0.05, 0.1) is 8.07 Å². The molecule has 208 valence electrons. The maximum absolute atomic E-state index is 2.91. The van der Waals surface area contributed by atoms with E-state index in [2.05, 4.69) is 90.3 Å². The highest BCUT2D eigenvalue weighted by Crippen LogP contribution is 2.69. The molecule has 6 aliphatic rings. The number of thioether (sulfide) groups is 2. The van der Waals surface area contributed by atoms with E-state index in [0.29, 0.717) is 5.41 Å². The van der Waals surface area contributed by atoms with E-state index in [1.165, 1.54) is 38.5 Å². The zero-order valence-electron chi connectivity index (χ0n) is 25.3. The second kappa shape index (κ2) is 10.0. The Hall–Kier alpha value is 0.397. The lowest BCUT2D eigenvalue weighted by Crippen LogP contribution is -2.48. The van der Waals surface area contributed by atoms with Crippen LogP contribution < -0.4 is 0 Å². The van der Waals surface area contributed by atoms with Gasteiger partial charge in [-0.1, -0.05) is 72.2 Å². The average Bonchev–Trinajstić information content (AvgIpc) is 3.57. The van der Waals surface area contributed by atoms with Crippen molar-refractivity contribution < 1.29 is 0 Å². The van der Waals surface area contributed by atoms with Crippen LogP contribution in [0.25, 0.3) is 0 Å². The molecule has 0 nitrogen and oxygen atoms in total. The van der Waals surface area contributed by atoms with Gasteiger partial charge in [0, 0.05) is 10.5 Å². The SMILES string of the molecule is CCC1CC2C(C3CCC(C(C)(C)C)CC3)CCCC2C1[Si](C)(C)C1C2SC(C)=CC2[C@@H]2C=C(C)SC12. The van der Waals surface area contributed by atoms with Gasteiger partial charge in [-0.2, -0.15) is 0 Å². The zero-order valence-corrected chi connectivity index (χ0v) is 27.9. The van der Waals surface area contributed by atoms with Crippen molar-refractivity contribution in [2.45, 2.75) is 134 Å². The molecule has 0 bridgehead atoms. The van der Waals surface area contributed by atoms with Gasteiger partial charge in [-0.15, -0.1) is 23.5 Å². The minimum absolute atomic E-state index is 0.509. The second-order valence-electron chi connectivity index (χ2n) is 16.1. The minimum Gasteiger partial charge on any atom is -0.127 e. The van der Waals surface area contributed by atoms with Crippen molar-refractivity contribution in [1.29, 1.82) is 0 Å². The number of hydrogen-bond donors (Lipinski definition) is 0. The molecule has 4 aliphatic carbocycles. The molecule has 6 rings (SSSR count). The molecule has 3 heteroatoms. The van der Waals surface area contributed by atoms with Gasteiger partial charge >= 0.3 is 0 Å². The smallest absolute Gasteiger partial charge is 0.0566 e. The van der Waals surface area contributed by atoms with Crippen molar-refractivity contribution in [2.24, 2.45) is 52.8 Å². The van der Waals surface area contributed by atoms with Gasteiger partial charge in [0.2, 0.25) is 0 Å². The molecule has 37 heavy (non-hydrogen) atoms. The Morgan fingerprint density at radius 2 is 1.35 bits per heavy atom. The summed E-state index contributed by atoms with van der Waals surface area (Å²) in [7, 11) is -1.48. The Morgan fingerprint density at radius 1 is 0.784 bits per heavy atom. The summed E-state index contributed by atoms with van der Waals surface area (Å²) in [5, 5.41) is 1.77. The summed E-state index contributed by atoms with van der Waals surface area (Å²) in [6, 6.07) is 0. The Kier molecular flexibility index (Phi) is 7.48. The molecule has 10 atom stereocenters. The van der Waals surface area contributed by atoms with Crippen molar-refractivity contribution in [3.63, 3.8) is 0 Å². The van der Waals surface area contributed by atoms with E-state index in [9.17, 15) is 0 Å². The first kappa shape index (κ1) is 27.6. The first-order valence-electron chi connectivity index (χ1n) is 16.2. The van der Waals surface area contributed by atoms with Gasteiger partial charge in [-0.05, 0) is 126 Å². The van der Waals surface area contributed by atoms with Crippen molar-refractivity contribution in [1.82, 2.24) is 0 Å². The maximum Gasteiger partial charge on any atom is 0.0566 e. The normalized spacial score (nSPS) is 47.9. The lowest BCUT2D eigenvalue weighted by Gasteiger charge is -2.49. The van der Waals surface area contributed by atoms with Crippen LogP contribution in [-0.4, -0.2) is 18.6 Å². The third kappa shape index (κ3) is 4.63. The molecular weight excluding hydrogens is 501 g/mol. The van der Waals surface area contributed by atoms with Crippen LogP contribution in [0.2, 0.25) is 24.2 Å². The molecule has 0 saturated heterocycles. The van der Waals surface area contributed by atoms with Crippen LogP contribution >= 0.6 is 23.5 Å². The predicted molar refractivity (Wildman–Crippen MR) is 170 cm³/mol. The lowest BCUT2D eigenvalue weighted by molar-refractivity contribution is 0.0637. The lowest BCUT2D eigenvalue weighted by atomic mass is 9.61. The highest BCUT2D eigenvalue weighted by atomic mass is 32.2. The van der Waals surface area contributed by atoms with E-state index < -0.39 is 8.07 Å². The third-order valence-electron chi connectivity index (χ3n) is 13.0. The summed E-state index contributed by atoms with van der Waals surface area (Å²) in [4.78, 5) is 3.26. The van der Waals surface area contributed by atoms with E-state index in [1.54, 1.807) is 29.1 Å². The van der Waals surface area contributed by atoms with Crippen molar-refractivity contribution in [2.75, 3.05) is 0 Å². The minimum atomic E-state index is -1.48. The van der Waals surface area contributed by atoms with Crippen LogP contribution in [0, 0.1) is 52.8 Å². The van der Waals surface area contributed by atoms with Gasteiger partial charge in [0.1, 0.15) is 0 Å². The summed E-state index contributed by atoms with van der Waals surface area (Å²) in [6.45, 7) is 20.7. The summed E-state index contributed by atoms with van der Waals surface area (Å²) in [6.07, 6.45) is 19.2. The Labute approximate surface area is 239 Å². The molecular formula is C34H56S2Si. The Balaban J connectivity index is 1.25. The fourth-order valence-electron chi connectivity index (χ4n) is 11.5. The van der Waals surface area contributed by atoms with E-state index >= 15 is 0 Å². The molecule has 0 radical (unpaired) electrons. The van der Waals surface area contributed by atoms with Crippen LogP contribution in [-0.2, 0) is 0 Å². The van der Waals surface area contributed by atoms with Gasteiger partial charge in [0.15, 0.2) is 0 Å². The van der Waals surface area contributed by atoms with E-state index in [0.717, 1.165) is 68.9 Å². The van der Waals surface area contributed by atoms with E-state index in [-0.39, 0.29) is 0 Å². The molecule has 2 heterocycles. The van der Waals surface area contributed by atoms with Gasteiger partial charge in [-0.3, -0.25) is 0 Å². The monoisotopic (exact) mass is 556 g/mol. The van der Waals surface area contributed by atoms with Gasteiger partial charge in [-0.25, -0.2) is 0 Å². The number of fused-ring (bicyclic) bond motifs is 4. The van der Waals surface area contributed by atoms with Crippen LogP contribution in [0.4, 0.5) is 0 Å². The van der Waals surface area contributed by atoms with Crippen LogP contribution in [0.15, 0.2) is 22.0 Å². The first-order valence-corrected chi connectivity index (χ1v) is 21.1. The quantitative estimate of drug-likeness (QED) is 0.316. The first-order chi connectivity index (χ1) is 17.5. The van der Waals surface area contributed by atoms with Crippen molar-refractivity contribution in [3.8, 4) is 0 Å². The maximum atomic E-state index is 2.91. The zero-order chi connectivity index (χ0) is 26.3. The summed E-state index contributed by atoms with van der Waals surface area (Å²) < 4.78 is 0. The molecule has 4 saturated carbocycles. The van der Waals surface area contributed by atoms with Gasteiger partial charge in [0.25, 0.3) is 0 Å². The molecule has 0 amide bonds. The molecule has 0 aromatic rings. The van der Waals surface area contributed by atoms with Crippen LogP contribution in [0.1, 0.15) is 99.3 Å². The fraction of sp³-hybridized carbons (Fsp3) is 0.882. The highest BCUT2D eigenvalue weighted by Gasteiger charge is 2.63. The predicted octanol–water partition coefficient (Wildman–Crippen LogP) is 11.0. The third-order valence-corrected chi connectivity index (χ3v) is 21.3. The molecule has 0 aromatic carbocycles. The molecule has 0 N–H and O–H groups in total. The van der Waals surface area contributed by atoms with Crippen LogP contribution in [0.5, 0.6) is 0 Å². The van der Waals surface area contributed by atoms with Crippen molar-refractivity contribution in [3.05, 3.63) is 22.0 Å². The summed E-state index contributed by atoms with van der Waals surface area (Å²) in [5.41, 5.74) is 2.57. The molecule has 2 aliphatic heterocycles. The number of allylic oxidation sites excluding steroid dienone is 4. The fourth-order valence-corrected chi connectivity index (χ4v) is 22.6. The van der Waals surface area contributed by atoms with Gasteiger partial charge < -0.3 is 0 Å². The van der Waals surface area contributed by atoms with E-state index in [4.69, 9.17) is 0 Å².